The van der Waals surface area contributed by atoms with Crippen molar-refractivity contribution in [3.63, 3.8) is 0 Å². The Bertz CT molecular complexity index is 941. The van der Waals surface area contributed by atoms with Gasteiger partial charge in [0.05, 0.1) is 5.69 Å². The molecule has 1 fully saturated rings. The van der Waals surface area contributed by atoms with Gasteiger partial charge >= 0.3 is 0 Å². The van der Waals surface area contributed by atoms with Gasteiger partial charge in [0.2, 0.25) is 0 Å². The van der Waals surface area contributed by atoms with Crippen LogP contribution in [0.15, 0.2) is 60.8 Å². The molecule has 1 atom stereocenters. The molecule has 0 spiro atoms. The van der Waals surface area contributed by atoms with Crippen molar-refractivity contribution in [3.05, 3.63) is 77.5 Å². The highest BCUT2D eigenvalue weighted by Gasteiger charge is 2.25. The first-order valence-electron chi connectivity index (χ1n) is 11.6. The molecular formula is C28H36N2. The summed E-state index contributed by atoms with van der Waals surface area (Å²) < 4.78 is 0. The normalized spacial score (nSPS) is 20.8. The number of hydrogen-bond donors (Lipinski definition) is 1. The first-order chi connectivity index (χ1) is 14.4. The van der Waals surface area contributed by atoms with Gasteiger partial charge in [-0.05, 0) is 89.7 Å². The zero-order valence-electron chi connectivity index (χ0n) is 19.0. The van der Waals surface area contributed by atoms with Gasteiger partial charge in [-0.25, -0.2) is 0 Å². The lowest BCUT2D eigenvalue weighted by Gasteiger charge is -2.31. The predicted molar refractivity (Wildman–Crippen MR) is 127 cm³/mol. The summed E-state index contributed by atoms with van der Waals surface area (Å²) in [5.74, 6) is 2.18. The highest BCUT2D eigenvalue weighted by atomic mass is 15.1. The van der Waals surface area contributed by atoms with Gasteiger partial charge in [0.25, 0.3) is 0 Å². The van der Waals surface area contributed by atoms with Crippen LogP contribution in [0.5, 0.6) is 0 Å². The minimum atomic E-state index is 0.230. The number of aromatic amines is 1. The average molecular weight is 401 g/mol. The lowest BCUT2D eigenvalue weighted by molar-refractivity contribution is 0.297. The molecule has 1 N–H and O–H groups in total. The molecule has 1 aliphatic rings. The van der Waals surface area contributed by atoms with E-state index in [2.05, 4.69) is 86.4 Å². The van der Waals surface area contributed by atoms with Crippen LogP contribution < -0.4 is 0 Å². The molecule has 0 aliphatic heterocycles. The molecule has 0 bridgehead atoms. The minimum Gasteiger partial charge on any atom is -0.278 e. The maximum Gasteiger partial charge on any atom is 0.0650 e. The number of nitrogens with one attached hydrogen (secondary N) is 1. The topological polar surface area (TPSA) is 28.7 Å². The molecular weight excluding hydrogens is 364 g/mol. The maximum atomic E-state index is 4.09. The molecule has 1 saturated carbocycles. The lowest BCUT2D eigenvalue weighted by Crippen LogP contribution is -2.16. The van der Waals surface area contributed by atoms with Gasteiger partial charge in [0.1, 0.15) is 0 Å². The van der Waals surface area contributed by atoms with E-state index in [0.717, 1.165) is 17.5 Å². The molecule has 2 aromatic carbocycles. The molecule has 0 radical (unpaired) electrons. The third-order valence-corrected chi connectivity index (χ3v) is 7.03. The molecule has 3 aromatic rings. The van der Waals surface area contributed by atoms with Crippen LogP contribution in [-0.2, 0) is 5.41 Å². The zero-order valence-corrected chi connectivity index (χ0v) is 19.0. The smallest absolute Gasteiger partial charge is 0.0650 e. The number of rotatable bonds is 5. The predicted octanol–water partition coefficient (Wildman–Crippen LogP) is 7.84. The van der Waals surface area contributed by atoms with Crippen LogP contribution in [0.25, 0.3) is 11.3 Å². The quantitative estimate of drug-likeness (QED) is 0.464. The van der Waals surface area contributed by atoms with E-state index >= 15 is 0 Å². The fourth-order valence-electron chi connectivity index (χ4n) is 5.06. The molecule has 1 unspecified atom stereocenters. The largest absolute Gasteiger partial charge is 0.278 e. The SMILES string of the molecule is CC(CC1CCC(c2cccc(C(C)(C)C)c2)CC1)c1cccc(-c2ccn[nH]2)c1. The van der Waals surface area contributed by atoms with Gasteiger partial charge in [-0.1, -0.05) is 70.2 Å². The lowest BCUT2D eigenvalue weighted by atomic mass is 9.74. The Hall–Kier alpha value is -2.35. The van der Waals surface area contributed by atoms with Crippen LogP contribution in [0.2, 0.25) is 0 Å². The summed E-state index contributed by atoms with van der Waals surface area (Å²) >= 11 is 0. The van der Waals surface area contributed by atoms with E-state index in [1.54, 1.807) is 5.56 Å². The fourth-order valence-corrected chi connectivity index (χ4v) is 5.06. The molecule has 158 valence electrons. The summed E-state index contributed by atoms with van der Waals surface area (Å²) in [7, 11) is 0. The molecule has 1 heterocycles. The maximum absolute atomic E-state index is 4.09. The van der Waals surface area contributed by atoms with Crippen LogP contribution in [0.1, 0.15) is 88.3 Å². The second kappa shape index (κ2) is 8.79. The number of hydrogen-bond acceptors (Lipinski definition) is 1. The molecule has 0 amide bonds. The highest BCUT2D eigenvalue weighted by Crippen LogP contribution is 2.40. The number of H-pyrrole nitrogens is 1. The molecule has 30 heavy (non-hydrogen) atoms. The van der Waals surface area contributed by atoms with Crippen LogP contribution in [0.4, 0.5) is 0 Å². The van der Waals surface area contributed by atoms with Crippen molar-refractivity contribution in [2.75, 3.05) is 0 Å². The summed E-state index contributed by atoms with van der Waals surface area (Å²) in [6, 6.07) is 20.4. The van der Waals surface area contributed by atoms with Gasteiger partial charge in [0.15, 0.2) is 0 Å². The third-order valence-electron chi connectivity index (χ3n) is 7.03. The van der Waals surface area contributed by atoms with Gasteiger partial charge in [-0.3, -0.25) is 5.10 Å². The summed E-state index contributed by atoms with van der Waals surface area (Å²) in [5.41, 5.74) is 7.03. The van der Waals surface area contributed by atoms with Gasteiger partial charge < -0.3 is 0 Å². The Kier molecular flexibility index (Phi) is 6.13. The second-order valence-corrected chi connectivity index (χ2v) is 10.3. The van der Waals surface area contributed by atoms with Crippen molar-refractivity contribution >= 4 is 0 Å². The molecule has 0 saturated heterocycles. The first kappa shape index (κ1) is 20.9. The second-order valence-electron chi connectivity index (χ2n) is 10.3. The molecule has 1 aromatic heterocycles. The van der Waals surface area contributed by atoms with E-state index in [-0.39, 0.29) is 5.41 Å². The van der Waals surface area contributed by atoms with Gasteiger partial charge in [-0.15, -0.1) is 0 Å². The summed E-state index contributed by atoms with van der Waals surface area (Å²) in [6.45, 7) is 9.33. The van der Waals surface area contributed by atoms with Crippen molar-refractivity contribution in [1.29, 1.82) is 0 Å². The van der Waals surface area contributed by atoms with Crippen LogP contribution in [-0.4, -0.2) is 10.2 Å². The van der Waals surface area contributed by atoms with E-state index < -0.39 is 0 Å². The minimum absolute atomic E-state index is 0.230. The van der Waals surface area contributed by atoms with Crippen molar-refractivity contribution in [1.82, 2.24) is 10.2 Å². The molecule has 2 heteroatoms. The van der Waals surface area contributed by atoms with Crippen molar-refractivity contribution in [2.45, 2.75) is 77.0 Å². The summed E-state index contributed by atoms with van der Waals surface area (Å²) in [6.07, 6.45) is 8.49. The standard InChI is InChI=1S/C28H36N2/c1-20(23-7-5-9-25(18-23)27-15-16-29-30-27)17-21-11-13-22(14-12-21)24-8-6-10-26(19-24)28(2,3)4/h5-10,15-16,18-22H,11-14,17H2,1-4H3,(H,29,30). The Morgan fingerprint density at radius 3 is 2.43 bits per heavy atom. The Morgan fingerprint density at radius 2 is 1.73 bits per heavy atom. The van der Waals surface area contributed by atoms with Crippen LogP contribution in [0, 0.1) is 5.92 Å². The van der Waals surface area contributed by atoms with Crippen molar-refractivity contribution in [2.24, 2.45) is 5.92 Å². The van der Waals surface area contributed by atoms with Crippen LogP contribution in [0.3, 0.4) is 0 Å². The van der Waals surface area contributed by atoms with Crippen LogP contribution >= 0.6 is 0 Å². The summed E-state index contributed by atoms with van der Waals surface area (Å²) in [5, 5.41) is 7.18. The monoisotopic (exact) mass is 400 g/mol. The van der Waals surface area contributed by atoms with E-state index in [4.69, 9.17) is 0 Å². The Morgan fingerprint density at radius 1 is 0.967 bits per heavy atom. The fraction of sp³-hybridized carbons (Fsp3) is 0.464. The van der Waals surface area contributed by atoms with Crippen molar-refractivity contribution in [3.8, 4) is 11.3 Å². The van der Waals surface area contributed by atoms with E-state index in [1.165, 1.54) is 48.8 Å². The number of nitrogens with zero attached hydrogens (tertiary/aromatic N) is 1. The van der Waals surface area contributed by atoms with E-state index in [0.29, 0.717) is 5.92 Å². The number of benzene rings is 2. The highest BCUT2D eigenvalue weighted by molar-refractivity contribution is 5.59. The van der Waals surface area contributed by atoms with E-state index in [9.17, 15) is 0 Å². The summed E-state index contributed by atoms with van der Waals surface area (Å²) in [4.78, 5) is 0. The zero-order chi connectivity index (χ0) is 21.1. The van der Waals surface area contributed by atoms with E-state index in [1.807, 2.05) is 12.3 Å². The first-order valence-corrected chi connectivity index (χ1v) is 11.6. The van der Waals surface area contributed by atoms with Gasteiger partial charge in [0, 0.05) is 6.20 Å². The van der Waals surface area contributed by atoms with Crippen molar-refractivity contribution < 1.29 is 0 Å². The average Bonchev–Trinajstić information content (AvgIpc) is 3.29. The number of aromatic nitrogens is 2. The Labute approximate surface area is 182 Å². The molecule has 2 nitrogen and oxygen atoms in total. The molecule has 1 aliphatic carbocycles. The third kappa shape index (κ3) is 4.86. The van der Waals surface area contributed by atoms with Gasteiger partial charge in [-0.2, -0.15) is 5.10 Å². The molecule has 4 rings (SSSR count). The Balaban J connectivity index is 1.36.